The number of carbonyl (C=O) groups is 1. The van der Waals surface area contributed by atoms with Crippen LogP contribution in [0.3, 0.4) is 0 Å². The molecule has 2 rings (SSSR count). The highest BCUT2D eigenvalue weighted by atomic mass is 19.4. The Bertz CT molecular complexity index is 456. The first-order valence-corrected chi connectivity index (χ1v) is 6.24. The Morgan fingerprint density at radius 2 is 1.95 bits per heavy atom. The van der Waals surface area contributed by atoms with Crippen LogP contribution in [0.4, 0.5) is 13.2 Å². The van der Waals surface area contributed by atoms with E-state index in [-0.39, 0.29) is 11.7 Å². The summed E-state index contributed by atoms with van der Waals surface area (Å²) in [5.41, 5.74) is 0.722. The molecule has 20 heavy (non-hydrogen) atoms. The largest absolute Gasteiger partial charge is 0.573 e. The van der Waals surface area contributed by atoms with Gasteiger partial charge in [-0.25, -0.2) is 0 Å². The second-order valence-electron chi connectivity index (χ2n) is 4.70. The second kappa shape index (κ2) is 6.13. The van der Waals surface area contributed by atoms with Crippen LogP contribution < -0.4 is 15.4 Å². The molecule has 1 heterocycles. The number of amides is 1. The summed E-state index contributed by atoms with van der Waals surface area (Å²) in [5.74, 6) is 0.0674. The van der Waals surface area contributed by atoms with E-state index in [0.29, 0.717) is 18.9 Å². The molecule has 1 aromatic carbocycles. The molecular weight excluding hydrogens is 273 g/mol. The number of nitrogens with one attached hydrogen (secondary N) is 2. The zero-order valence-corrected chi connectivity index (χ0v) is 10.7. The molecule has 0 radical (unpaired) electrons. The summed E-state index contributed by atoms with van der Waals surface area (Å²) in [6.07, 6.45) is -4.21. The molecule has 1 saturated heterocycles. The molecule has 1 aliphatic rings. The van der Waals surface area contributed by atoms with E-state index in [0.717, 1.165) is 18.7 Å². The SMILES string of the molecule is O=C(CC1CNC1)NCc1ccc(OC(F)(F)F)cc1. The van der Waals surface area contributed by atoms with Crippen molar-refractivity contribution >= 4 is 5.91 Å². The molecule has 0 spiro atoms. The van der Waals surface area contributed by atoms with E-state index in [4.69, 9.17) is 0 Å². The third-order valence-corrected chi connectivity index (χ3v) is 2.99. The molecule has 7 heteroatoms. The van der Waals surface area contributed by atoms with Crippen LogP contribution in [0.2, 0.25) is 0 Å². The van der Waals surface area contributed by atoms with Crippen molar-refractivity contribution < 1.29 is 22.7 Å². The molecule has 0 bridgehead atoms. The maximum Gasteiger partial charge on any atom is 0.573 e. The monoisotopic (exact) mass is 288 g/mol. The lowest BCUT2D eigenvalue weighted by Gasteiger charge is -2.26. The highest BCUT2D eigenvalue weighted by Crippen LogP contribution is 2.22. The Morgan fingerprint density at radius 1 is 1.30 bits per heavy atom. The van der Waals surface area contributed by atoms with Gasteiger partial charge in [-0.3, -0.25) is 4.79 Å². The maximum atomic E-state index is 12.0. The maximum absolute atomic E-state index is 12.0. The quantitative estimate of drug-likeness (QED) is 0.869. The van der Waals surface area contributed by atoms with Gasteiger partial charge in [0.1, 0.15) is 5.75 Å². The fraction of sp³-hybridized carbons (Fsp3) is 0.462. The molecule has 0 aromatic heterocycles. The Hall–Kier alpha value is -1.76. The zero-order chi connectivity index (χ0) is 14.6. The Kier molecular flexibility index (Phi) is 4.49. The van der Waals surface area contributed by atoms with Crippen LogP contribution in [-0.2, 0) is 11.3 Å². The van der Waals surface area contributed by atoms with Crippen LogP contribution in [0.15, 0.2) is 24.3 Å². The van der Waals surface area contributed by atoms with Crippen LogP contribution in [-0.4, -0.2) is 25.4 Å². The summed E-state index contributed by atoms with van der Waals surface area (Å²) in [4.78, 5) is 11.6. The summed E-state index contributed by atoms with van der Waals surface area (Å²) >= 11 is 0. The van der Waals surface area contributed by atoms with Crippen molar-refractivity contribution in [2.75, 3.05) is 13.1 Å². The number of halogens is 3. The van der Waals surface area contributed by atoms with Gasteiger partial charge in [-0.1, -0.05) is 12.1 Å². The van der Waals surface area contributed by atoms with Crippen molar-refractivity contribution in [3.63, 3.8) is 0 Å². The fourth-order valence-electron chi connectivity index (χ4n) is 1.84. The number of hydrogen-bond acceptors (Lipinski definition) is 3. The number of benzene rings is 1. The molecule has 1 aliphatic heterocycles. The van der Waals surface area contributed by atoms with E-state index in [1.165, 1.54) is 24.3 Å². The van der Waals surface area contributed by atoms with Crippen LogP contribution in [0.25, 0.3) is 0 Å². The Morgan fingerprint density at radius 3 is 2.45 bits per heavy atom. The van der Waals surface area contributed by atoms with Crippen LogP contribution >= 0.6 is 0 Å². The standard InChI is InChI=1S/C13H15F3N2O2/c14-13(15,16)20-11-3-1-9(2-4-11)8-18-12(19)5-10-6-17-7-10/h1-4,10,17H,5-8H2,(H,18,19). The van der Waals surface area contributed by atoms with Crippen molar-refractivity contribution in [2.45, 2.75) is 19.3 Å². The molecule has 0 unspecified atom stereocenters. The molecule has 1 fully saturated rings. The molecule has 0 aliphatic carbocycles. The predicted molar refractivity (Wildman–Crippen MR) is 65.9 cm³/mol. The van der Waals surface area contributed by atoms with E-state index in [1.807, 2.05) is 0 Å². The van der Waals surface area contributed by atoms with Crippen LogP contribution in [0, 0.1) is 5.92 Å². The van der Waals surface area contributed by atoms with E-state index >= 15 is 0 Å². The smallest absolute Gasteiger partial charge is 0.406 e. The Balaban J connectivity index is 1.76. The van der Waals surface area contributed by atoms with E-state index in [1.54, 1.807) is 0 Å². The lowest BCUT2D eigenvalue weighted by molar-refractivity contribution is -0.274. The van der Waals surface area contributed by atoms with Gasteiger partial charge in [0.2, 0.25) is 5.91 Å². The molecule has 110 valence electrons. The van der Waals surface area contributed by atoms with Crippen molar-refractivity contribution in [3.05, 3.63) is 29.8 Å². The van der Waals surface area contributed by atoms with Crippen molar-refractivity contribution in [3.8, 4) is 5.75 Å². The van der Waals surface area contributed by atoms with Crippen molar-refractivity contribution in [1.29, 1.82) is 0 Å². The molecule has 2 N–H and O–H groups in total. The normalized spacial score (nSPS) is 15.6. The molecule has 0 atom stereocenters. The minimum absolute atomic E-state index is 0.0490. The van der Waals surface area contributed by atoms with E-state index < -0.39 is 6.36 Å². The minimum atomic E-state index is -4.69. The molecule has 1 aromatic rings. The van der Waals surface area contributed by atoms with Gasteiger partial charge >= 0.3 is 6.36 Å². The summed E-state index contributed by atoms with van der Waals surface area (Å²) in [5, 5.41) is 5.82. The first kappa shape index (κ1) is 14.6. The summed E-state index contributed by atoms with van der Waals surface area (Å²) in [6, 6.07) is 5.44. The third kappa shape index (κ3) is 4.73. The fourth-order valence-corrected chi connectivity index (χ4v) is 1.84. The summed E-state index contributed by atoms with van der Waals surface area (Å²) < 4.78 is 39.7. The lowest BCUT2D eigenvalue weighted by atomic mass is 9.99. The van der Waals surface area contributed by atoms with Gasteiger partial charge in [0, 0.05) is 13.0 Å². The number of rotatable bonds is 5. The highest BCUT2D eigenvalue weighted by Gasteiger charge is 2.30. The van der Waals surface area contributed by atoms with Crippen LogP contribution in [0.5, 0.6) is 5.75 Å². The number of alkyl halides is 3. The average molecular weight is 288 g/mol. The number of carbonyl (C=O) groups excluding carboxylic acids is 1. The third-order valence-electron chi connectivity index (χ3n) is 2.99. The topological polar surface area (TPSA) is 50.4 Å². The summed E-state index contributed by atoms with van der Waals surface area (Å²) in [6.45, 7) is 2.01. The predicted octanol–water partition coefficient (Wildman–Crippen LogP) is 1.81. The average Bonchev–Trinajstić information content (AvgIpc) is 2.31. The van der Waals surface area contributed by atoms with Gasteiger partial charge in [-0.05, 0) is 36.7 Å². The number of hydrogen-bond donors (Lipinski definition) is 2. The van der Waals surface area contributed by atoms with Gasteiger partial charge in [-0.2, -0.15) is 0 Å². The molecule has 4 nitrogen and oxygen atoms in total. The molecular formula is C13H15F3N2O2. The zero-order valence-electron chi connectivity index (χ0n) is 10.7. The summed E-state index contributed by atoms with van der Waals surface area (Å²) in [7, 11) is 0. The van der Waals surface area contributed by atoms with Gasteiger partial charge in [0.25, 0.3) is 0 Å². The highest BCUT2D eigenvalue weighted by molar-refractivity contribution is 5.76. The van der Waals surface area contributed by atoms with Gasteiger partial charge in [0.15, 0.2) is 0 Å². The molecule has 0 saturated carbocycles. The first-order valence-electron chi connectivity index (χ1n) is 6.24. The first-order chi connectivity index (χ1) is 9.42. The van der Waals surface area contributed by atoms with Crippen molar-refractivity contribution in [2.24, 2.45) is 5.92 Å². The minimum Gasteiger partial charge on any atom is -0.406 e. The van der Waals surface area contributed by atoms with Gasteiger partial charge in [-0.15, -0.1) is 13.2 Å². The second-order valence-corrected chi connectivity index (χ2v) is 4.70. The number of ether oxygens (including phenoxy) is 1. The van der Waals surface area contributed by atoms with E-state index in [2.05, 4.69) is 15.4 Å². The van der Waals surface area contributed by atoms with Gasteiger partial charge in [0.05, 0.1) is 0 Å². The van der Waals surface area contributed by atoms with Gasteiger partial charge < -0.3 is 15.4 Å². The Labute approximate surface area is 114 Å². The van der Waals surface area contributed by atoms with E-state index in [9.17, 15) is 18.0 Å². The molecule has 1 amide bonds. The van der Waals surface area contributed by atoms with Crippen LogP contribution in [0.1, 0.15) is 12.0 Å². The van der Waals surface area contributed by atoms with Crippen molar-refractivity contribution in [1.82, 2.24) is 10.6 Å². The lowest BCUT2D eigenvalue weighted by Crippen LogP contribution is -2.44.